The van der Waals surface area contributed by atoms with Gasteiger partial charge in [0.25, 0.3) is 11.7 Å². The van der Waals surface area contributed by atoms with Crippen molar-refractivity contribution in [3.63, 3.8) is 0 Å². The summed E-state index contributed by atoms with van der Waals surface area (Å²) >= 11 is 12.1. The summed E-state index contributed by atoms with van der Waals surface area (Å²) in [5.41, 5.74) is 0.772. The number of hydrogen-bond acceptors (Lipinski definition) is 5. The molecule has 1 unspecified atom stereocenters. The first kappa shape index (κ1) is 21.7. The van der Waals surface area contributed by atoms with Gasteiger partial charge in [-0.05, 0) is 48.0 Å². The van der Waals surface area contributed by atoms with Crippen LogP contribution in [0.15, 0.2) is 72.3 Å². The average molecular weight is 470 g/mol. The number of para-hydroxylation sites is 2. The summed E-state index contributed by atoms with van der Waals surface area (Å²) in [7, 11) is 1.52. The molecule has 0 bridgehead atoms. The van der Waals surface area contributed by atoms with E-state index in [1.165, 1.54) is 42.3 Å². The maximum absolute atomic E-state index is 13.1. The van der Waals surface area contributed by atoms with Crippen molar-refractivity contribution in [3.8, 4) is 11.5 Å². The van der Waals surface area contributed by atoms with Crippen LogP contribution < -0.4 is 9.64 Å². The smallest absolute Gasteiger partial charge is 0.300 e. The minimum atomic E-state index is -0.997. The fourth-order valence-corrected chi connectivity index (χ4v) is 3.95. The predicted molar refractivity (Wildman–Crippen MR) is 122 cm³/mol. The lowest BCUT2D eigenvalue weighted by Gasteiger charge is -2.26. The highest BCUT2D eigenvalue weighted by molar-refractivity contribution is 6.52. The lowest BCUT2D eigenvalue weighted by Crippen LogP contribution is -2.29. The van der Waals surface area contributed by atoms with Crippen molar-refractivity contribution in [2.24, 2.45) is 0 Å². The van der Waals surface area contributed by atoms with E-state index in [0.717, 1.165) is 0 Å². The number of aromatic hydroxyl groups is 1. The molecule has 1 heterocycles. The van der Waals surface area contributed by atoms with Gasteiger partial charge in [-0.15, -0.1) is 0 Å². The van der Waals surface area contributed by atoms with Crippen LogP contribution in [0, 0.1) is 0 Å². The minimum absolute atomic E-state index is 0.137. The number of phenols is 1. The van der Waals surface area contributed by atoms with E-state index in [1.54, 1.807) is 36.4 Å². The van der Waals surface area contributed by atoms with E-state index in [2.05, 4.69) is 0 Å². The molecule has 0 saturated carbocycles. The van der Waals surface area contributed by atoms with E-state index >= 15 is 0 Å². The highest BCUT2D eigenvalue weighted by Gasteiger charge is 2.47. The molecule has 6 nitrogen and oxygen atoms in total. The number of nitrogens with zero attached hydrogens (tertiary/aromatic N) is 1. The second-order valence-electron chi connectivity index (χ2n) is 7.06. The average Bonchev–Trinajstić information content (AvgIpc) is 3.06. The van der Waals surface area contributed by atoms with Gasteiger partial charge in [0, 0.05) is 5.56 Å². The fraction of sp³-hybridized carbons (Fsp3) is 0.0833. The Hall–Kier alpha value is -3.48. The van der Waals surface area contributed by atoms with Crippen molar-refractivity contribution in [1.29, 1.82) is 0 Å². The summed E-state index contributed by atoms with van der Waals surface area (Å²) < 4.78 is 5.20. The van der Waals surface area contributed by atoms with Crippen molar-refractivity contribution >= 4 is 46.3 Å². The molecule has 0 aliphatic carbocycles. The highest BCUT2D eigenvalue weighted by Crippen LogP contribution is 2.45. The number of methoxy groups -OCH3 is 1. The fourth-order valence-electron chi connectivity index (χ4n) is 3.65. The second-order valence-corrected chi connectivity index (χ2v) is 7.87. The number of carbonyl (C=O) groups excluding carboxylic acids is 2. The molecule has 1 fully saturated rings. The van der Waals surface area contributed by atoms with E-state index in [1.807, 2.05) is 0 Å². The molecule has 3 aromatic rings. The number of rotatable bonds is 4. The normalized spacial score (nSPS) is 17.6. The topological polar surface area (TPSA) is 87.1 Å². The molecule has 2 N–H and O–H groups in total. The van der Waals surface area contributed by atoms with Gasteiger partial charge in [0.2, 0.25) is 0 Å². The molecule has 1 amide bonds. The summed E-state index contributed by atoms with van der Waals surface area (Å²) in [5.74, 6) is -1.77. The molecule has 1 aliphatic heterocycles. The van der Waals surface area contributed by atoms with Gasteiger partial charge in [0.1, 0.15) is 17.3 Å². The van der Waals surface area contributed by atoms with Crippen LogP contribution in [-0.4, -0.2) is 29.0 Å². The molecule has 32 heavy (non-hydrogen) atoms. The molecule has 1 saturated heterocycles. The zero-order chi connectivity index (χ0) is 23.0. The molecular weight excluding hydrogens is 453 g/mol. The van der Waals surface area contributed by atoms with Crippen LogP contribution in [0.2, 0.25) is 10.0 Å². The Labute approximate surface area is 193 Å². The van der Waals surface area contributed by atoms with E-state index in [0.29, 0.717) is 11.3 Å². The van der Waals surface area contributed by atoms with E-state index in [4.69, 9.17) is 27.9 Å². The second kappa shape index (κ2) is 8.57. The van der Waals surface area contributed by atoms with Gasteiger partial charge in [-0.2, -0.15) is 0 Å². The number of ketones is 1. The van der Waals surface area contributed by atoms with Gasteiger partial charge in [-0.1, -0.05) is 47.5 Å². The summed E-state index contributed by atoms with van der Waals surface area (Å²) in [6, 6.07) is 16.3. The zero-order valence-corrected chi connectivity index (χ0v) is 18.3. The van der Waals surface area contributed by atoms with Crippen LogP contribution in [0.5, 0.6) is 11.5 Å². The number of phenolic OH excluding ortho intramolecular Hbond substituents is 1. The first-order valence-corrected chi connectivity index (χ1v) is 10.3. The lowest BCUT2D eigenvalue weighted by atomic mass is 9.95. The number of hydrogen-bond donors (Lipinski definition) is 2. The van der Waals surface area contributed by atoms with E-state index < -0.39 is 23.5 Å². The molecule has 1 aliphatic rings. The number of halogens is 2. The highest BCUT2D eigenvalue weighted by atomic mass is 35.5. The first-order chi connectivity index (χ1) is 15.3. The molecule has 0 spiro atoms. The van der Waals surface area contributed by atoms with Gasteiger partial charge in [0.05, 0.1) is 34.5 Å². The summed E-state index contributed by atoms with van der Waals surface area (Å²) in [5, 5.41) is 21.9. The molecule has 1 atom stereocenters. The first-order valence-electron chi connectivity index (χ1n) is 9.52. The number of benzene rings is 3. The third-order valence-corrected chi connectivity index (χ3v) is 5.95. The summed E-state index contributed by atoms with van der Waals surface area (Å²) in [6.07, 6.45) is 0. The van der Waals surface area contributed by atoms with Crippen LogP contribution in [0.4, 0.5) is 5.69 Å². The maximum Gasteiger partial charge on any atom is 0.300 e. The molecular formula is C24H17Cl2NO5. The lowest BCUT2D eigenvalue weighted by molar-refractivity contribution is -0.132. The molecule has 4 rings (SSSR count). The third kappa shape index (κ3) is 3.68. The van der Waals surface area contributed by atoms with Gasteiger partial charge in [0.15, 0.2) is 0 Å². The Kier molecular flexibility index (Phi) is 5.82. The third-order valence-electron chi connectivity index (χ3n) is 5.21. The number of carbonyl (C=O) groups is 2. The maximum atomic E-state index is 13.1. The monoisotopic (exact) mass is 469 g/mol. The molecule has 0 aromatic heterocycles. The molecule has 3 aromatic carbocycles. The van der Waals surface area contributed by atoms with Crippen molar-refractivity contribution in [2.45, 2.75) is 6.04 Å². The van der Waals surface area contributed by atoms with Crippen molar-refractivity contribution in [3.05, 3.63) is 93.5 Å². The van der Waals surface area contributed by atoms with Crippen LogP contribution in [0.3, 0.4) is 0 Å². The van der Waals surface area contributed by atoms with Crippen LogP contribution in [0.1, 0.15) is 17.2 Å². The molecule has 0 radical (unpaired) electrons. The van der Waals surface area contributed by atoms with Crippen molar-refractivity contribution in [2.75, 3.05) is 12.0 Å². The van der Waals surface area contributed by atoms with Crippen LogP contribution in [-0.2, 0) is 9.59 Å². The minimum Gasteiger partial charge on any atom is -0.507 e. The Morgan fingerprint density at radius 2 is 1.66 bits per heavy atom. The predicted octanol–water partition coefficient (Wildman–Crippen LogP) is 5.33. The van der Waals surface area contributed by atoms with Crippen molar-refractivity contribution < 1.29 is 24.5 Å². The van der Waals surface area contributed by atoms with Crippen molar-refractivity contribution in [1.82, 2.24) is 0 Å². The van der Waals surface area contributed by atoms with Gasteiger partial charge in [-0.25, -0.2) is 0 Å². The Morgan fingerprint density at radius 3 is 2.28 bits per heavy atom. The molecule has 162 valence electrons. The number of anilines is 1. The van der Waals surface area contributed by atoms with Crippen LogP contribution in [0.25, 0.3) is 5.76 Å². The van der Waals surface area contributed by atoms with E-state index in [-0.39, 0.29) is 32.6 Å². The number of amides is 1. The number of Topliss-reactive ketones (excluding diaryl/α,β-unsaturated/α-hetero) is 1. The van der Waals surface area contributed by atoms with Crippen LogP contribution >= 0.6 is 23.2 Å². The SMILES string of the molecule is COc1ccc(C2/C(=C(/O)c3ccc(Cl)c(Cl)c3)C(=O)C(=O)N2c2ccccc2O)cc1. The standard InChI is InChI=1S/C24H17Cl2NO5/c1-32-15-9-6-13(7-10-15)21-20(22(29)14-8-11-16(25)17(26)12-14)23(30)24(31)27(21)18-4-2-3-5-19(18)28/h2-12,21,28-29H,1H3/b22-20-. The summed E-state index contributed by atoms with van der Waals surface area (Å²) in [4.78, 5) is 27.3. The Bertz CT molecular complexity index is 1250. The number of aliphatic hydroxyl groups is 1. The summed E-state index contributed by atoms with van der Waals surface area (Å²) in [6.45, 7) is 0. The molecule has 8 heteroatoms. The zero-order valence-electron chi connectivity index (χ0n) is 16.8. The van der Waals surface area contributed by atoms with E-state index in [9.17, 15) is 19.8 Å². The number of ether oxygens (including phenoxy) is 1. The number of aliphatic hydroxyl groups excluding tert-OH is 1. The Balaban J connectivity index is 1.96. The van der Waals surface area contributed by atoms with Gasteiger partial charge in [-0.3, -0.25) is 14.5 Å². The Morgan fingerprint density at radius 1 is 0.969 bits per heavy atom. The largest absolute Gasteiger partial charge is 0.507 e. The quantitative estimate of drug-likeness (QED) is 0.306. The van der Waals surface area contributed by atoms with Gasteiger partial charge >= 0.3 is 0 Å². The van der Waals surface area contributed by atoms with Gasteiger partial charge < -0.3 is 14.9 Å².